The highest BCUT2D eigenvalue weighted by Gasteiger charge is 2.20. The smallest absolute Gasteiger partial charge is 0.221 e. The van der Waals surface area contributed by atoms with Crippen molar-refractivity contribution in [3.63, 3.8) is 0 Å². The summed E-state index contributed by atoms with van der Waals surface area (Å²) in [4.78, 5) is 14.2. The van der Waals surface area contributed by atoms with E-state index < -0.39 is 0 Å². The van der Waals surface area contributed by atoms with Crippen LogP contribution in [0.25, 0.3) is 0 Å². The Labute approximate surface area is 116 Å². The fourth-order valence-electron chi connectivity index (χ4n) is 2.83. The molecule has 1 saturated heterocycles. The average molecular weight is 276 g/mol. The van der Waals surface area contributed by atoms with Gasteiger partial charge in [-0.25, -0.2) is 0 Å². The van der Waals surface area contributed by atoms with Crippen LogP contribution in [0.1, 0.15) is 39.0 Å². The highest BCUT2D eigenvalue weighted by molar-refractivity contribution is 5.85. The third kappa shape index (κ3) is 4.75. The van der Waals surface area contributed by atoms with E-state index >= 15 is 0 Å². The Morgan fingerprint density at radius 1 is 1.39 bits per heavy atom. The summed E-state index contributed by atoms with van der Waals surface area (Å²) in [6.07, 6.45) is 5.56. The largest absolute Gasteiger partial charge is 0.353 e. The van der Waals surface area contributed by atoms with Crippen LogP contribution in [-0.2, 0) is 4.79 Å². The van der Waals surface area contributed by atoms with Crippen LogP contribution >= 0.6 is 12.4 Å². The van der Waals surface area contributed by atoms with Crippen molar-refractivity contribution >= 4 is 18.3 Å². The number of halogens is 1. The van der Waals surface area contributed by atoms with Crippen molar-refractivity contribution in [3.8, 4) is 0 Å². The maximum absolute atomic E-state index is 11.8. The Morgan fingerprint density at radius 3 is 2.78 bits per heavy atom. The third-order valence-corrected chi connectivity index (χ3v) is 3.99. The molecule has 2 fully saturated rings. The lowest BCUT2D eigenvalue weighted by atomic mass is 10.2. The Morgan fingerprint density at radius 2 is 2.11 bits per heavy atom. The number of nitrogens with one attached hydrogen (secondary N) is 2. The maximum atomic E-state index is 11.8. The summed E-state index contributed by atoms with van der Waals surface area (Å²) in [7, 11) is 0. The number of piperazine rings is 1. The molecule has 0 spiro atoms. The van der Waals surface area contributed by atoms with Crippen LogP contribution < -0.4 is 10.6 Å². The molecule has 1 aliphatic carbocycles. The monoisotopic (exact) mass is 275 g/mol. The molecule has 106 valence electrons. The van der Waals surface area contributed by atoms with Crippen molar-refractivity contribution in [1.82, 2.24) is 15.5 Å². The molecule has 1 saturated carbocycles. The Balaban J connectivity index is 0.00000162. The van der Waals surface area contributed by atoms with Crippen molar-refractivity contribution in [2.24, 2.45) is 0 Å². The molecule has 0 aromatic heterocycles. The minimum atomic E-state index is 0. The highest BCUT2D eigenvalue weighted by atomic mass is 35.5. The van der Waals surface area contributed by atoms with Gasteiger partial charge in [0.25, 0.3) is 0 Å². The topological polar surface area (TPSA) is 44.4 Å². The summed E-state index contributed by atoms with van der Waals surface area (Å²) < 4.78 is 0. The van der Waals surface area contributed by atoms with Crippen LogP contribution in [0.4, 0.5) is 0 Å². The Hall–Kier alpha value is -0.320. The second-order valence-electron chi connectivity index (χ2n) is 5.39. The molecule has 2 aliphatic rings. The van der Waals surface area contributed by atoms with Gasteiger partial charge in [0.2, 0.25) is 5.91 Å². The number of rotatable bonds is 4. The van der Waals surface area contributed by atoms with E-state index in [0.29, 0.717) is 18.5 Å². The van der Waals surface area contributed by atoms with E-state index in [-0.39, 0.29) is 18.3 Å². The van der Waals surface area contributed by atoms with Gasteiger partial charge in [-0.1, -0.05) is 12.8 Å². The first kappa shape index (κ1) is 15.7. The molecule has 18 heavy (non-hydrogen) atoms. The summed E-state index contributed by atoms with van der Waals surface area (Å²) in [5.74, 6) is 0.239. The fourth-order valence-corrected chi connectivity index (χ4v) is 2.83. The van der Waals surface area contributed by atoms with E-state index in [1.807, 2.05) is 0 Å². The first-order valence-corrected chi connectivity index (χ1v) is 7.00. The minimum absolute atomic E-state index is 0. The summed E-state index contributed by atoms with van der Waals surface area (Å²) in [5, 5.41) is 6.52. The molecule has 1 heterocycles. The lowest BCUT2D eigenvalue weighted by Gasteiger charge is -2.33. The average Bonchev–Trinajstić information content (AvgIpc) is 2.81. The Kier molecular flexibility index (Phi) is 6.97. The third-order valence-electron chi connectivity index (χ3n) is 3.99. The van der Waals surface area contributed by atoms with Gasteiger partial charge in [0.05, 0.1) is 0 Å². The van der Waals surface area contributed by atoms with Crippen molar-refractivity contribution in [1.29, 1.82) is 0 Å². The summed E-state index contributed by atoms with van der Waals surface area (Å²) in [5.41, 5.74) is 0. The fraction of sp³-hybridized carbons (Fsp3) is 0.923. The quantitative estimate of drug-likeness (QED) is 0.809. The van der Waals surface area contributed by atoms with Crippen molar-refractivity contribution in [2.45, 2.75) is 51.1 Å². The van der Waals surface area contributed by atoms with E-state index in [2.05, 4.69) is 22.5 Å². The van der Waals surface area contributed by atoms with Gasteiger partial charge < -0.3 is 10.6 Å². The first-order valence-electron chi connectivity index (χ1n) is 7.00. The van der Waals surface area contributed by atoms with Gasteiger partial charge in [0, 0.05) is 44.7 Å². The Bertz CT molecular complexity index is 257. The zero-order chi connectivity index (χ0) is 12.1. The molecule has 0 unspecified atom stereocenters. The molecule has 0 aromatic rings. The van der Waals surface area contributed by atoms with Crippen molar-refractivity contribution < 1.29 is 4.79 Å². The van der Waals surface area contributed by atoms with Gasteiger partial charge in [-0.05, 0) is 19.8 Å². The molecule has 5 heteroatoms. The SMILES string of the molecule is C[C@H]1CNCCN1CCC(=O)NC1CCCC1.Cl. The van der Waals surface area contributed by atoms with E-state index in [1.54, 1.807) is 0 Å². The second kappa shape index (κ2) is 7.97. The van der Waals surface area contributed by atoms with Gasteiger partial charge >= 0.3 is 0 Å². The molecule has 0 aromatic carbocycles. The molecule has 0 radical (unpaired) electrons. The van der Waals surface area contributed by atoms with E-state index in [4.69, 9.17) is 0 Å². The molecule has 0 bridgehead atoms. The van der Waals surface area contributed by atoms with Crippen molar-refractivity contribution in [2.75, 3.05) is 26.2 Å². The van der Waals surface area contributed by atoms with Crippen LogP contribution in [0, 0.1) is 0 Å². The molecule has 2 N–H and O–H groups in total. The standard InChI is InChI=1S/C13H25N3O.ClH/c1-11-10-14-7-9-16(11)8-6-13(17)15-12-4-2-3-5-12;/h11-12,14H,2-10H2,1H3,(H,15,17);1H/t11-;/m0./s1. The molecule has 2 rings (SSSR count). The number of amides is 1. The van der Waals surface area contributed by atoms with E-state index in [1.165, 1.54) is 25.7 Å². The predicted molar refractivity (Wildman–Crippen MR) is 76.2 cm³/mol. The second-order valence-corrected chi connectivity index (χ2v) is 5.39. The molecule has 4 nitrogen and oxygen atoms in total. The van der Waals surface area contributed by atoms with Crippen LogP contribution in [0.3, 0.4) is 0 Å². The molecule has 1 aliphatic heterocycles. The van der Waals surface area contributed by atoms with Crippen LogP contribution in [-0.4, -0.2) is 49.1 Å². The normalized spacial score (nSPS) is 25.7. The predicted octanol–water partition coefficient (Wildman–Crippen LogP) is 1.15. The molecule has 1 amide bonds. The summed E-state index contributed by atoms with van der Waals surface area (Å²) in [6.45, 7) is 6.29. The molecular formula is C13H26ClN3O. The first-order chi connectivity index (χ1) is 8.25. The van der Waals surface area contributed by atoms with E-state index in [9.17, 15) is 4.79 Å². The van der Waals surface area contributed by atoms with Crippen LogP contribution in [0.5, 0.6) is 0 Å². The number of hydrogen-bond donors (Lipinski definition) is 2. The van der Waals surface area contributed by atoms with Gasteiger partial charge in [-0.3, -0.25) is 9.69 Å². The van der Waals surface area contributed by atoms with Gasteiger partial charge in [0.1, 0.15) is 0 Å². The zero-order valence-electron chi connectivity index (χ0n) is 11.3. The van der Waals surface area contributed by atoms with Crippen LogP contribution in [0.15, 0.2) is 0 Å². The lowest BCUT2D eigenvalue weighted by Crippen LogP contribution is -2.50. The van der Waals surface area contributed by atoms with Crippen LogP contribution in [0.2, 0.25) is 0 Å². The number of nitrogens with zero attached hydrogens (tertiary/aromatic N) is 1. The lowest BCUT2D eigenvalue weighted by molar-refractivity contribution is -0.122. The summed E-state index contributed by atoms with van der Waals surface area (Å²) >= 11 is 0. The molecule has 1 atom stereocenters. The van der Waals surface area contributed by atoms with E-state index in [0.717, 1.165) is 26.2 Å². The highest BCUT2D eigenvalue weighted by Crippen LogP contribution is 2.17. The van der Waals surface area contributed by atoms with Gasteiger partial charge in [-0.15, -0.1) is 12.4 Å². The summed E-state index contributed by atoms with van der Waals surface area (Å²) in [6, 6.07) is 1.02. The maximum Gasteiger partial charge on any atom is 0.221 e. The minimum Gasteiger partial charge on any atom is -0.353 e. The number of carbonyl (C=O) groups is 1. The van der Waals surface area contributed by atoms with Gasteiger partial charge in [-0.2, -0.15) is 0 Å². The zero-order valence-corrected chi connectivity index (χ0v) is 12.1. The van der Waals surface area contributed by atoms with Gasteiger partial charge in [0.15, 0.2) is 0 Å². The number of carbonyl (C=O) groups excluding carboxylic acids is 1. The van der Waals surface area contributed by atoms with Crippen molar-refractivity contribution in [3.05, 3.63) is 0 Å². The number of hydrogen-bond acceptors (Lipinski definition) is 3. The molecular weight excluding hydrogens is 250 g/mol.